The standard InChI is InChI=1S/C25H32N6O3S/c1-18-10-11-19(24-28-27-23-9-5-3-8-14-31(23)24)15-21(18)26-25(32)22-16-20(17-29(22)2)35(33,34)30-12-6-4-7-13-30/h10-11,15-17H,3-9,12-14H2,1-2H3,(H,26,32). The van der Waals surface area contributed by atoms with Crippen molar-refractivity contribution in [3.8, 4) is 11.4 Å². The Balaban J connectivity index is 1.40. The van der Waals surface area contributed by atoms with Gasteiger partial charge in [-0.25, -0.2) is 8.42 Å². The molecule has 0 bridgehead atoms. The van der Waals surface area contributed by atoms with E-state index in [1.54, 1.807) is 11.6 Å². The van der Waals surface area contributed by atoms with Gasteiger partial charge in [0, 0.05) is 50.6 Å². The van der Waals surface area contributed by atoms with Gasteiger partial charge in [0.25, 0.3) is 5.91 Å². The van der Waals surface area contributed by atoms with Gasteiger partial charge in [0.2, 0.25) is 10.0 Å². The van der Waals surface area contributed by atoms with Gasteiger partial charge in [0.05, 0.1) is 0 Å². The number of benzene rings is 1. The molecule has 3 aromatic rings. The first-order chi connectivity index (χ1) is 16.8. The van der Waals surface area contributed by atoms with Crippen LogP contribution in [0.2, 0.25) is 0 Å². The summed E-state index contributed by atoms with van der Waals surface area (Å²) < 4.78 is 31.4. The number of aryl methyl sites for hydroxylation is 3. The molecule has 0 radical (unpaired) electrons. The second-order valence-corrected chi connectivity index (χ2v) is 11.5. The SMILES string of the molecule is Cc1ccc(-c2nnc3n2CCCCC3)cc1NC(=O)c1cc(S(=O)(=O)N2CCCCC2)cn1C. The van der Waals surface area contributed by atoms with Crippen LogP contribution < -0.4 is 5.32 Å². The molecule has 1 aromatic carbocycles. The second kappa shape index (κ2) is 9.58. The van der Waals surface area contributed by atoms with Crippen LogP contribution in [0.1, 0.15) is 60.4 Å². The maximum Gasteiger partial charge on any atom is 0.272 e. The van der Waals surface area contributed by atoms with Crippen LogP contribution in [0, 0.1) is 6.92 Å². The first-order valence-corrected chi connectivity index (χ1v) is 13.8. The monoisotopic (exact) mass is 496 g/mol. The lowest BCUT2D eigenvalue weighted by molar-refractivity contribution is 0.101. The van der Waals surface area contributed by atoms with Crippen LogP contribution in [0.5, 0.6) is 0 Å². The van der Waals surface area contributed by atoms with Gasteiger partial charge in [-0.2, -0.15) is 4.31 Å². The Kier molecular flexibility index (Phi) is 6.50. The summed E-state index contributed by atoms with van der Waals surface area (Å²) in [6, 6.07) is 7.35. The molecule has 9 nitrogen and oxygen atoms in total. The molecule has 2 aromatic heterocycles. The molecule has 1 fully saturated rings. The molecular weight excluding hydrogens is 464 g/mol. The number of fused-ring (bicyclic) bond motifs is 1. The lowest BCUT2D eigenvalue weighted by Gasteiger charge is -2.25. The molecule has 35 heavy (non-hydrogen) atoms. The average Bonchev–Trinajstić information content (AvgIpc) is 3.37. The van der Waals surface area contributed by atoms with Crippen molar-refractivity contribution in [3.63, 3.8) is 0 Å². The summed E-state index contributed by atoms with van der Waals surface area (Å²) in [7, 11) is -1.92. The largest absolute Gasteiger partial charge is 0.345 e. The molecule has 4 heterocycles. The quantitative estimate of drug-likeness (QED) is 0.580. The van der Waals surface area contributed by atoms with Crippen molar-refractivity contribution in [1.82, 2.24) is 23.6 Å². The van der Waals surface area contributed by atoms with E-state index >= 15 is 0 Å². The number of hydrogen-bond acceptors (Lipinski definition) is 5. The van der Waals surface area contributed by atoms with Crippen LogP contribution >= 0.6 is 0 Å². The van der Waals surface area contributed by atoms with Crippen LogP contribution in [0.25, 0.3) is 11.4 Å². The minimum Gasteiger partial charge on any atom is -0.345 e. The van der Waals surface area contributed by atoms with Crippen LogP contribution in [-0.2, 0) is 30.0 Å². The summed E-state index contributed by atoms with van der Waals surface area (Å²) in [4.78, 5) is 13.4. The number of carbonyl (C=O) groups is 1. The van der Waals surface area contributed by atoms with E-state index in [1.807, 2.05) is 25.1 Å². The molecule has 0 aliphatic carbocycles. The topological polar surface area (TPSA) is 102 Å². The maximum atomic E-state index is 13.2. The Hall–Kier alpha value is -2.98. The predicted octanol–water partition coefficient (Wildman–Crippen LogP) is 3.75. The fourth-order valence-electron chi connectivity index (χ4n) is 4.94. The first-order valence-electron chi connectivity index (χ1n) is 12.4. The number of rotatable bonds is 5. The number of nitrogens with one attached hydrogen (secondary N) is 1. The number of amides is 1. The number of nitrogens with zero attached hydrogens (tertiary/aromatic N) is 5. The van der Waals surface area contributed by atoms with Gasteiger partial charge in [0.1, 0.15) is 16.4 Å². The summed E-state index contributed by atoms with van der Waals surface area (Å²) in [6.07, 6.45) is 8.64. The van der Waals surface area contributed by atoms with Gasteiger partial charge in [-0.05, 0) is 50.3 Å². The number of anilines is 1. The van der Waals surface area contributed by atoms with Crippen molar-refractivity contribution in [2.45, 2.75) is 63.3 Å². The molecule has 0 atom stereocenters. The fraction of sp³-hybridized carbons (Fsp3) is 0.480. The minimum atomic E-state index is -3.61. The number of piperidine rings is 1. The molecule has 0 spiro atoms. The zero-order valence-electron chi connectivity index (χ0n) is 20.3. The number of aromatic nitrogens is 4. The number of sulfonamides is 1. The molecule has 186 valence electrons. The van der Waals surface area contributed by atoms with Gasteiger partial charge < -0.3 is 14.5 Å². The van der Waals surface area contributed by atoms with Gasteiger partial charge in [-0.1, -0.05) is 25.0 Å². The summed E-state index contributed by atoms with van der Waals surface area (Å²) in [5.74, 6) is 1.47. The van der Waals surface area contributed by atoms with Crippen molar-refractivity contribution in [2.75, 3.05) is 18.4 Å². The first kappa shape index (κ1) is 23.7. The van der Waals surface area contributed by atoms with Gasteiger partial charge >= 0.3 is 0 Å². The van der Waals surface area contributed by atoms with E-state index in [0.717, 1.165) is 67.8 Å². The van der Waals surface area contributed by atoms with E-state index in [1.165, 1.54) is 23.0 Å². The highest BCUT2D eigenvalue weighted by atomic mass is 32.2. The zero-order valence-corrected chi connectivity index (χ0v) is 21.1. The van der Waals surface area contributed by atoms with Gasteiger partial charge in [0.15, 0.2) is 5.82 Å². The van der Waals surface area contributed by atoms with E-state index in [4.69, 9.17) is 0 Å². The second-order valence-electron chi connectivity index (χ2n) is 9.52. The van der Waals surface area contributed by atoms with Crippen molar-refractivity contribution >= 4 is 21.6 Å². The molecule has 0 unspecified atom stereocenters. The minimum absolute atomic E-state index is 0.156. The highest BCUT2D eigenvalue weighted by Crippen LogP contribution is 2.28. The van der Waals surface area contributed by atoms with E-state index < -0.39 is 10.0 Å². The van der Waals surface area contributed by atoms with Gasteiger partial charge in [-0.3, -0.25) is 4.79 Å². The fourth-order valence-corrected chi connectivity index (χ4v) is 6.52. The molecule has 1 amide bonds. The third kappa shape index (κ3) is 4.64. The summed E-state index contributed by atoms with van der Waals surface area (Å²) in [5.41, 5.74) is 2.77. The predicted molar refractivity (Wildman–Crippen MR) is 134 cm³/mol. The summed E-state index contributed by atoms with van der Waals surface area (Å²) in [5, 5.41) is 11.8. The van der Waals surface area contributed by atoms with E-state index in [0.29, 0.717) is 24.5 Å². The smallest absolute Gasteiger partial charge is 0.272 e. The maximum absolute atomic E-state index is 13.2. The van der Waals surface area contributed by atoms with Crippen molar-refractivity contribution in [2.24, 2.45) is 7.05 Å². The Morgan fingerprint density at radius 3 is 2.51 bits per heavy atom. The van der Waals surface area contributed by atoms with Crippen LogP contribution in [-0.4, -0.2) is 51.1 Å². The third-order valence-electron chi connectivity index (χ3n) is 7.02. The lowest BCUT2D eigenvalue weighted by Crippen LogP contribution is -2.35. The summed E-state index contributed by atoms with van der Waals surface area (Å²) in [6.45, 7) is 3.87. The van der Waals surface area contributed by atoms with E-state index in [9.17, 15) is 13.2 Å². The molecule has 2 aliphatic heterocycles. The molecule has 1 saturated heterocycles. The van der Waals surface area contributed by atoms with Crippen molar-refractivity contribution in [1.29, 1.82) is 0 Å². The molecule has 2 aliphatic rings. The van der Waals surface area contributed by atoms with Crippen LogP contribution in [0.3, 0.4) is 0 Å². The zero-order chi connectivity index (χ0) is 24.6. The van der Waals surface area contributed by atoms with E-state index in [-0.39, 0.29) is 10.8 Å². The Morgan fingerprint density at radius 2 is 1.71 bits per heavy atom. The van der Waals surface area contributed by atoms with Crippen LogP contribution in [0.15, 0.2) is 35.4 Å². The highest BCUT2D eigenvalue weighted by Gasteiger charge is 2.28. The molecule has 5 rings (SSSR count). The summed E-state index contributed by atoms with van der Waals surface area (Å²) >= 11 is 0. The Morgan fingerprint density at radius 1 is 0.971 bits per heavy atom. The lowest BCUT2D eigenvalue weighted by atomic mass is 10.1. The normalized spacial score (nSPS) is 17.1. The molecule has 1 N–H and O–H groups in total. The van der Waals surface area contributed by atoms with E-state index in [2.05, 4.69) is 20.1 Å². The van der Waals surface area contributed by atoms with Crippen molar-refractivity contribution < 1.29 is 13.2 Å². The van der Waals surface area contributed by atoms with Gasteiger partial charge in [-0.15, -0.1) is 10.2 Å². The number of hydrogen-bond donors (Lipinski definition) is 1. The molecule has 10 heteroatoms. The average molecular weight is 497 g/mol. The Labute approximate surface area is 206 Å². The molecular formula is C25H32N6O3S. The van der Waals surface area contributed by atoms with Crippen LogP contribution in [0.4, 0.5) is 5.69 Å². The highest BCUT2D eigenvalue weighted by molar-refractivity contribution is 7.89. The van der Waals surface area contributed by atoms with Crippen molar-refractivity contribution in [3.05, 3.63) is 47.5 Å². The third-order valence-corrected chi connectivity index (χ3v) is 8.88. The molecule has 0 saturated carbocycles. The Bertz CT molecular complexity index is 1350. The number of carbonyl (C=O) groups excluding carboxylic acids is 1.